The summed E-state index contributed by atoms with van der Waals surface area (Å²) in [6.45, 7) is 3.07. The molecule has 1 aliphatic heterocycles. The summed E-state index contributed by atoms with van der Waals surface area (Å²) in [7, 11) is 0. The highest BCUT2D eigenvalue weighted by Gasteiger charge is 2.34. The number of carbonyl (C=O) groups is 1. The molecule has 6 heteroatoms. The molecule has 1 unspecified atom stereocenters. The highest BCUT2D eigenvalue weighted by molar-refractivity contribution is 5.90. The third-order valence-corrected chi connectivity index (χ3v) is 4.60. The SMILES string of the molecule is O=C(NCC1CCN(C2CC2)C1)c1n[nH]c(C2CC2)n1. The third-order valence-electron chi connectivity index (χ3n) is 4.60. The molecule has 2 saturated carbocycles. The molecule has 1 atom stereocenters. The van der Waals surface area contributed by atoms with E-state index in [1.165, 1.54) is 25.8 Å². The van der Waals surface area contributed by atoms with Crippen molar-refractivity contribution < 1.29 is 4.79 Å². The molecule has 6 nitrogen and oxygen atoms in total. The molecular weight excluding hydrogens is 254 g/mol. The highest BCUT2D eigenvalue weighted by Crippen LogP contribution is 2.37. The van der Waals surface area contributed by atoms with Crippen LogP contribution in [0.2, 0.25) is 0 Å². The van der Waals surface area contributed by atoms with Gasteiger partial charge in [-0.05, 0) is 44.6 Å². The van der Waals surface area contributed by atoms with Gasteiger partial charge in [-0.3, -0.25) is 9.89 Å². The summed E-state index contributed by atoms with van der Waals surface area (Å²) in [6.07, 6.45) is 6.24. The van der Waals surface area contributed by atoms with E-state index >= 15 is 0 Å². The van der Waals surface area contributed by atoms with Gasteiger partial charge in [-0.25, -0.2) is 4.98 Å². The van der Waals surface area contributed by atoms with Crippen LogP contribution in [-0.4, -0.2) is 51.7 Å². The van der Waals surface area contributed by atoms with Crippen LogP contribution in [0.3, 0.4) is 0 Å². The summed E-state index contributed by atoms with van der Waals surface area (Å²) in [5.74, 6) is 2.12. The second kappa shape index (κ2) is 4.84. The van der Waals surface area contributed by atoms with Crippen LogP contribution in [0.5, 0.6) is 0 Å². The summed E-state index contributed by atoms with van der Waals surface area (Å²) >= 11 is 0. The van der Waals surface area contributed by atoms with Gasteiger partial charge >= 0.3 is 0 Å². The van der Waals surface area contributed by atoms with E-state index in [0.29, 0.717) is 17.7 Å². The lowest BCUT2D eigenvalue weighted by Gasteiger charge is -2.14. The maximum absolute atomic E-state index is 12.0. The van der Waals surface area contributed by atoms with E-state index in [1.807, 2.05) is 0 Å². The fraction of sp³-hybridized carbons (Fsp3) is 0.786. The largest absolute Gasteiger partial charge is 0.349 e. The summed E-state index contributed by atoms with van der Waals surface area (Å²) in [4.78, 5) is 18.9. The Labute approximate surface area is 118 Å². The van der Waals surface area contributed by atoms with Crippen LogP contribution < -0.4 is 5.32 Å². The van der Waals surface area contributed by atoms with Crippen molar-refractivity contribution in [3.63, 3.8) is 0 Å². The van der Waals surface area contributed by atoms with Crippen molar-refractivity contribution in [1.29, 1.82) is 0 Å². The number of carbonyl (C=O) groups excluding carboxylic acids is 1. The van der Waals surface area contributed by atoms with E-state index in [1.54, 1.807) is 0 Å². The monoisotopic (exact) mass is 275 g/mol. The molecule has 1 aromatic rings. The van der Waals surface area contributed by atoms with Crippen molar-refractivity contribution in [2.45, 2.75) is 44.1 Å². The Hall–Kier alpha value is -1.43. The second-order valence-corrected chi connectivity index (χ2v) is 6.41. The minimum atomic E-state index is -0.141. The molecule has 3 fully saturated rings. The molecule has 108 valence electrons. The summed E-state index contributed by atoms with van der Waals surface area (Å²) < 4.78 is 0. The summed E-state index contributed by atoms with van der Waals surface area (Å²) in [5.41, 5.74) is 0. The average Bonchev–Trinajstić information content (AvgIpc) is 3.39. The lowest BCUT2D eigenvalue weighted by atomic mass is 10.1. The molecule has 4 rings (SSSR count). The van der Waals surface area contributed by atoms with Crippen LogP contribution in [0.25, 0.3) is 0 Å². The Morgan fingerprint density at radius 3 is 2.90 bits per heavy atom. The number of aromatic amines is 1. The van der Waals surface area contributed by atoms with E-state index in [0.717, 1.165) is 37.8 Å². The fourth-order valence-corrected chi connectivity index (χ4v) is 3.03. The minimum absolute atomic E-state index is 0.141. The standard InChI is InChI=1S/C14H21N5O/c20-14(13-16-12(17-18-13)10-1-2-10)15-7-9-5-6-19(8-9)11-3-4-11/h9-11H,1-8H2,(H,15,20)(H,16,17,18). The van der Waals surface area contributed by atoms with E-state index in [9.17, 15) is 4.79 Å². The number of nitrogens with one attached hydrogen (secondary N) is 2. The van der Waals surface area contributed by atoms with Gasteiger partial charge in [0.2, 0.25) is 5.82 Å². The van der Waals surface area contributed by atoms with Gasteiger partial charge in [0.1, 0.15) is 5.82 Å². The first-order chi connectivity index (χ1) is 9.79. The number of H-pyrrole nitrogens is 1. The molecule has 0 aromatic carbocycles. The van der Waals surface area contributed by atoms with Gasteiger partial charge in [0.05, 0.1) is 0 Å². The molecule has 20 heavy (non-hydrogen) atoms. The first-order valence-corrected chi connectivity index (χ1v) is 7.74. The maximum atomic E-state index is 12.0. The van der Waals surface area contributed by atoms with Crippen LogP contribution >= 0.6 is 0 Å². The van der Waals surface area contributed by atoms with Crippen molar-refractivity contribution >= 4 is 5.91 Å². The molecule has 0 radical (unpaired) electrons. The minimum Gasteiger partial charge on any atom is -0.349 e. The number of likely N-dealkylation sites (tertiary alicyclic amines) is 1. The van der Waals surface area contributed by atoms with Gasteiger partial charge in [-0.1, -0.05) is 0 Å². The topological polar surface area (TPSA) is 73.9 Å². The molecule has 2 heterocycles. The fourth-order valence-electron chi connectivity index (χ4n) is 3.03. The van der Waals surface area contributed by atoms with Crippen LogP contribution in [0, 0.1) is 5.92 Å². The number of aromatic nitrogens is 3. The Kier molecular flexibility index (Phi) is 2.98. The second-order valence-electron chi connectivity index (χ2n) is 6.41. The van der Waals surface area contributed by atoms with Crippen LogP contribution in [0.15, 0.2) is 0 Å². The zero-order valence-electron chi connectivity index (χ0n) is 11.6. The lowest BCUT2D eigenvalue weighted by Crippen LogP contribution is -2.32. The van der Waals surface area contributed by atoms with Crippen LogP contribution in [0.4, 0.5) is 0 Å². The van der Waals surface area contributed by atoms with Gasteiger partial charge < -0.3 is 10.2 Å². The van der Waals surface area contributed by atoms with Crippen molar-refractivity contribution in [1.82, 2.24) is 25.4 Å². The smallest absolute Gasteiger partial charge is 0.290 e. The van der Waals surface area contributed by atoms with E-state index in [4.69, 9.17) is 0 Å². The summed E-state index contributed by atoms with van der Waals surface area (Å²) in [5, 5.41) is 9.88. The third kappa shape index (κ3) is 2.57. The van der Waals surface area contributed by atoms with Gasteiger partial charge in [-0.2, -0.15) is 0 Å². The zero-order chi connectivity index (χ0) is 13.5. The number of nitrogens with zero attached hydrogens (tertiary/aromatic N) is 3. The lowest BCUT2D eigenvalue weighted by molar-refractivity contribution is 0.0937. The van der Waals surface area contributed by atoms with Crippen molar-refractivity contribution in [2.75, 3.05) is 19.6 Å². The van der Waals surface area contributed by atoms with E-state index < -0.39 is 0 Å². The number of hydrogen-bond acceptors (Lipinski definition) is 4. The maximum Gasteiger partial charge on any atom is 0.290 e. The molecule has 2 aliphatic carbocycles. The molecule has 1 amide bonds. The Morgan fingerprint density at radius 1 is 1.30 bits per heavy atom. The van der Waals surface area contributed by atoms with Crippen molar-refractivity contribution in [2.24, 2.45) is 5.92 Å². The van der Waals surface area contributed by atoms with Crippen molar-refractivity contribution in [3.8, 4) is 0 Å². The molecule has 3 aliphatic rings. The Balaban J connectivity index is 1.26. The van der Waals surface area contributed by atoms with Gasteiger partial charge in [0, 0.05) is 25.0 Å². The molecule has 1 saturated heterocycles. The van der Waals surface area contributed by atoms with Gasteiger partial charge in [0.15, 0.2) is 0 Å². The van der Waals surface area contributed by atoms with Crippen molar-refractivity contribution in [3.05, 3.63) is 11.6 Å². The molecule has 2 N–H and O–H groups in total. The Bertz CT molecular complexity index is 505. The van der Waals surface area contributed by atoms with E-state index in [2.05, 4.69) is 25.4 Å². The molecule has 1 aromatic heterocycles. The first-order valence-electron chi connectivity index (χ1n) is 7.74. The number of rotatable bonds is 5. The van der Waals surface area contributed by atoms with E-state index in [-0.39, 0.29) is 5.91 Å². The molecule has 0 bridgehead atoms. The average molecular weight is 275 g/mol. The molecule has 0 spiro atoms. The quantitative estimate of drug-likeness (QED) is 0.837. The number of amides is 1. The summed E-state index contributed by atoms with van der Waals surface area (Å²) in [6, 6.07) is 0.838. The molecular formula is C14H21N5O. The Morgan fingerprint density at radius 2 is 2.15 bits per heavy atom. The first kappa shape index (κ1) is 12.3. The predicted molar refractivity (Wildman–Crippen MR) is 73.4 cm³/mol. The van der Waals surface area contributed by atoms with Crippen LogP contribution in [-0.2, 0) is 0 Å². The van der Waals surface area contributed by atoms with Gasteiger partial charge in [-0.15, -0.1) is 5.10 Å². The normalized spacial score (nSPS) is 26.9. The van der Waals surface area contributed by atoms with Gasteiger partial charge in [0.25, 0.3) is 5.91 Å². The highest BCUT2D eigenvalue weighted by atomic mass is 16.2. The predicted octanol–water partition coefficient (Wildman–Crippen LogP) is 0.896. The van der Waals surface area contributed by atoms with Crippen LogP contribution in [0.1, 0.15) is 54.5 Å². The zero-order valence-corrected chi connectivity index (χ0v) is 11.6. The number of hydrogen-bond donors (Lipinski definition) is 2.